The first kappa shape index (κ1) is 20.8. The molecule has 2 aromatic rings. The molecule has 0 amide bonds. The minimum absolute atomic E-state index is 0.0132. The third-order valence-corrected chi connectivity index (χ3v) is 3.90. The van der Waals surface area contributed by atoms with E-state index < -0.39 is 0 Å². The van der Waals surface area contributed by atoms with Gasteiger partial charge in [0.1, 0.15) is 11.5 Å². The minimum atomic E-state index is -0.334. The van der Waals surface area contributed by atoms with Crippen LogP contribution in [-0.2, 0) is 9.59 Å². The van der Waals surface area contributed by atoms with Gasteiger partial charge in [-0.05, 0) is 54.1 Å². The molecule has 0 radical (unpaired) electrons. The summed E-state index contributed by atoms with van der Waals surface area (Å²) in [5.74, 6) is 0.885. The van der Waals surface area contributed by atoms with Crippen LogP contribution in [0.5, 0.6) is 23.0 Å². The number of methoxy groups -OCH3 is 3. The van der Waals surface area contributed by atoms with Gasteiger partial charge in [0, 0.05) is 5.56 Å². The van der Waals surface area contributed by atoms with Crippen molar-refractivity contribution in [3.63, 3.8) is 0 Å². The third-order valence-electron chi connectivity index (χ3n) is 3.90. The lowest BCUT2D eigenvalue weighted by atomic mass is 10.1. The van der Waals surface area contributed by atoms with E-state index in [-0.39, 0.29) is 23.7 Å². The fourth-order valence-electron chi connectivity index (χ4n) is 2.43. The van der Waals surface area contributed by atoms with E-state index in [4.69, 9.17) is 14.2 Å². The molecule has 28 heavy (non-hydrogen) atoms. The Balaban J connectivity index is 2.01. The van der Waals surface area contributed by atoms with Crippen molar-refractivity contribution < 1.29 is 28.9 Å². The number of ether oxygens (including phenoxy) is 3. The van der Waals surface area contributed by atoms with Crippen LogP contribution in [0.3, 0.4) is 0 Å². The summed E-state index contributed by atoms with van der Waals surface area (Å²) in [6.45, 7) is 0. The Morgan fingerprint density at radius 3 is 2.18 bits per heavy atom. The number of carbonyl (C=O) groups is 2. The molecule has 0 aliphatic heterocycles. The number of phenolic OH excluding ortho intramolecular Hbond substituents is 1. The van der Waals surface area contributed by atoms with Crippen LogP contribution in [0.15, 0.2) is 48.6 Å². The highest BCUT2D eigenvalue weighted by atomic mass is 16.5. The first-order chi connectivity index (χ1) is 13.5. The lowest BCUT2D eigenvalue weighted by Crippen LogP contribution is -2.02. The number of hydrogen-bond acceptors (Lipinski definition) is 6. The summed E-state index contributed by atoms with van der Waals surface area (Å²) in [6, 6.07) is 9.93. The number of allylic oxidation sites excluding steroid dienone is 2. The molecule has 0 aliphatic rings. The summed E-state index contributed by atoms with van der Waals surface area (Å²) in [4.78, 5) is 24.1. The zero-order valence-electron chi connectivity index (χ0n) is 16.0. The second-order valence-electron chi connectivity index (χ2n) is 5.82. The van der Waals surface area contributed by atoms with Crippen LogP contribution in [0.2, 0.25) is 0 Å². The Morgan fingerprint density at radius 1 is 0.857 bits per heavy atom. The second kappa shape index (κ2) is 9.97. The van der Waals surface area contributed by atoms with Gasteiger partial charge in [-0.15, -0.1) is 0 Å². The monoisotopic (exact) mass is 382 g/mol. The molecule has 0 aliphatic carbocycles. The maximum Gasteiger partial charge on any atom is 0.163 e. The molecule has 0 heterocycles. The molecule has 6 nitrogen and oxygen atoms in total. The zero-order chi connectivity index (χ0) is 20.5. The second-order valence-corrected chi connectivity index (χ2v) is 5.82. The first-order valence-electron chi connectivity index (χ1n) is 8.47. The Labute approximate surface area is 163 Å². The van der Waals surface area contributed by atoms with Crippen molar-refractivity contribution in [2.75, 3.05) is 21.3 Å². The molecule has 0 spiro atoms. The number of carbonyl (C=O) groups excluding carboxylic acids is 2. The molecule has 0 atom stereocenters. The lowest BCUT2D eigenvalue weighted by Gasteiger charge is -2.06. The standard InChI is InChI=1S/C22H22O6/c1-26-19-9-11-21(27-2)16(13-19)6-8-18(24)14-17(23)7-4-15-5-10-20(25)22(12-15)28-3/h4-13,25H,14H2,1-3H3/b7-4+,8-6+. The summed E-state index contributed by atoms with van der Waals surface area (Å²) in [6.07, 6.45) is 5.56. The van der Waals surface area contributed by atoms with Crippen LogP contribution in [-0.4, -0.2) is 38.0 Å². The SMILES string of the molecule is COc1ccc(OC)c(/C=C/C(=O)CC(=O)/C=C/c2ccc(O)c(OC)c2)c1. The van der Waals surface area contributed by atoms with Crippen molar-refractivity contribution in [3.8, 4) is 23.0 Å². The average molecular weight is 382 g/mol. The molecule has 0 unspecified atom stereocenters. The topological polar surface area (TPSA) is 82.1 Å². The summed E-state index contributed by atoms with van der Waals surface area (Å²) in [5, 5.41) is 9.57. The van der Waals surface area contributed by atoms with Gasteiger partial charge in [-0.25, -0.2) is 0 Å². The van der Waals surface area contributed by atoms with Gasteiger partial charge in [-0.3, -0.25) is 9.59 Å². The Kier molecular flexibility index (Phi) is 7.39. The molecular formula is C22H22O6. The summed E-state index contributed by atoms with van der Waals surface area (Å²) in [5.41, 5.74) is 1.35. The fraction of sp³-hybridized carbons (Fsp3) is 0.182. The normalized spacial score (nSPS) is 11.0. The van der Waals surface area contributed by atoms with Gasteiger partial charge in [-0.1, -0.05) is 12.1 Å². The number of rotatable bonds is 9. The third kappa shape index (κ3) is 5.74. The lowest BCUT2D eigenvalue weighted by molar-refractivity contribution is -0.121. The highest BCUT2D eigenvalue weighted by molar-refractivity contribution is 6.11. The van der Waals surface area contributed by atoms with Crippen molar-refractivity contribution in [2.45, 2.75) is 6.42 Å². The van der Waals surface area contributed by atoms with Gasteiger partial charge in [0.05, 0.1) is 27.8 Å². The van der Waals surface area contributed by atoms with E-state index >= 15 is 0 Å². The van der Waals surface area contributed by atoms with E-state index in [9.17, 15) is 14.7 Å². The summed E-state index contributed by atoms with van der Waals surface area (Å²) < 4.78 is 15.4. The minimum Gasteiger partial charge on any atom is -0.504 e. The van der Waals surface area contributed by atoms with E-state index in [1.165, 1.54) is 32.4 Å². The highest BCUT2D eigenvalue weighted by Crippen LogP contribution is 2.27. The molecule has 6 heteroatoms. The molecule has 1 N–H and O–H groups in total. The van der Waals surface area contributed by atoms with Crippen LogP contribution >= 0.6 is 0 Å². The molecular weight excluding hydrogens is 360 g/mol. The number of hydrogen-bond donors (Lipinski definition) is 1. The van der Waals surface area contributed by atoms with Gasteiger partial charge in [-0.2, -0.15) is 0 Å². The van der Waals surface area contributed by atoms with Crippen LogP contribution in [0.4, 0.5) is 0 Å². The number of aromatic hydroxyl groups is 1. The van der Waals surface area contributed by atoms with E-state index in [0.717, 1.165) is 0 Å². The highest BCUT2D eigenvalue weighted by Gasteiger charge is 2.07. The van der Waals surface area contributed by atoms with Crippen molar-refractivity contribution in [1.29, 1.82) is 0 Å². The zero-order valence-corrected chi connectivity index (χ0v) is 16.0. The van der Waals surface area contributed by atoms with E-state index in [1.54, 1.807) is 49.6 Å². The number of benzene rings is 2. The Bertz CT molecular complexity index is 911. The van der Waals surface area contributed by atoms with Gasteiger partial charge in [0.25, 0.3) is 0 Å². The predicted octanol–water partition coefficient (Wildman–Crippen LogP) is 3.67. The summed E-state index contributed by atoms with van der Waals surface area (Å²) in [7, 11) is 4.53. The van der Waals surface area contributed by atoms with Gasteiger partial charge < -0.3 is 19.3 Å². The molecule has 146 valence electrons. The Morgan fingerprint density at radius 2 is 1.54 bits per heavy atom. The molecule has 0 saturated heterocycles. The quantitative estimate of drug-likeness (QED) is 0.526. The van der Waals surface area contributed by atoms with Gasteiger partial charge in [0.15, 0.2) is 23.1 Å². The Hall–Kier alpha value is -3.54. The molecule has 2 aromatic carbocycles. The first-order valence-corrected chi connectivity index (χ1v) is 8.47. The number of ketones is 2. The van der Waals surface area contributed by atoms with Crippen LogP contribution in [0, 0.1) is 0 Å². The van der Waals surface area contributed by atoms with Gasteiger partial charge in [0.2, 0.25) is 0 Å². The molecule has 0 saturated carbocycles. The molecule has 0 bridgehead atoms. The fourth-order valence-corrected chi connectivity index (χ4v) is 2.43. The molecule has 2 rings (SSSR count). The summed E-state index contributed by atoms with van der Waals surface area (Å²) >= 11 is 0. The van der Waals surface area contributed by atoms with Crippen molar-refractivity contribution in [3.05, 3.63) is 59.7 Å². The van der Waals surface area contributed by atoms with Crippen LogP contribution in [0.1, 0.15) is 17.5 Å². The van der Waals surface area contributed by atoms with E-state index in [1.807, 2.05) is 0 Å². The maximum absolute atomic E-state index is 12.1. The maximum atomic E-state index is 12.1. The van der Waals surface area contributed by atoms with E-state index in [0.29, 0.717) is 28.4 Å². The van der Waals surface area contributed by atoms with Crippen molar-refractivity contribution in [2.24, 2.45) is 0 Å². The average Bonchev–Trinajstić information content (AvgIpc) is 2.71. The van der Waals surface area contributed by atoms with E-state index in [2.05, 4.69) is 0 Å². The van der Waals surface area contributed by atoms with Crippen molar-refractivity contribution in [1.82, 2.24) is 0 Å². The largest absolute Gasteiger partial charge is 0.504 e. The van der Waals surface area contributed by atoms with Crippen molar-refractivity contribution >= 4 is 23.7 Å². The van der Waals surface area contributed by atoms with Gasteiger partial charge >= 0.3 is 0 Å². The predicted molar refractivity (Wildman–Crippen MR) is 107 cm³/mol. The van der Waals surface area contributed by atoms with Crippen LogP contribution in [0.25, 0.3) is 12.2 Å². The van der Waals surface area contributed by atoms with Crippen LogP contribution < -0.4 is 14.2 Å². The number of phenols is 1. The molecule has 0 fully saturated rings. The smallest absolute Gasteiger partial charge is 0.163 e. The molecule has 0 aromatic heterocycles.